The van der Waals surface area contributed by atoms with E-state index in [2.05, 4.69) is 15.3 Å². The minimum atomic E-state index is -0.0342. The molecule has 0 spiro atoms. The number of nitrogen functional groups attached to an aromatic ring is 1. The highest BCUT2D eigenvalue weighted by molar-refractivity contribution is 5.92. The number of para-hydroxylation sites is 1. The van der Waals surface area contributed by atoms with Gasteiger partial charge in [-0.1, -0.05) is 12.1 Å². The van der Waals surface area contributed by atoms with Crippen molar-refractivity contribution in [1.82, 2.24) is 15.3 Å². The molecule has 1 aromatic heterocycles. The second kappa shape index (κ2) is 6.39. The number of nitrogens with one attached hydrogen (secondary N) is 1. The maximum atomic E-state index is 12.0. The number of aromatic nitrogens is 2. The van der Waals surface area contributed by atoms with Gasteiger partial charge >= 0.3 is 0 Å². The summed E-state index contributed by atoms with van der Waals surface area (Å²) in [5, 5.41) is 3.78. The molecule has 112 valence electrons. The fraction of sp³-hybridized carbons (Fsp3) is 0.400. The van der Waals surface area contributed by atoms with Crippen LogP contribution >= 0.6 is 0 Å². The lowest BCUT2D eigenvalue weighted by Crippen LogP contribution is -2.40. The average Bonchev–Trinajstić information content (AvgIpc) is 2.43. The SMILES string of the molecule is CCN(CC(=O)NC(C)C)c1nc(N)nc2ccccc12. The molecule has 1 amide bonds. The lowest BCUT2D eigenvalue weighted by molar-refractivity contribution is -0.120. The number of amides is 1. The van der Waals surface area contributed by atoms with Gasteiger partial charge in [0.15, 0.2) is 0 Å². The van der Waals surface area contributed by atoms with Crippen LogP contribution in [0.4, 0.5) is 11.8 Å². The Morgan fingerprint density at radius 1 is 1.33 bits per heavy atom. The van der Waals surface area contributed by atoms with Crippen LogP contribution in [-0.4, -0.2) is 35.0 Å². The van der Waals surface area contributed by atoms with Crippen LogP contribution < -0.4 is 16.0 Å². The molecule has 1 aromatic carbocycles. The summed E-state index contributed by atoms with van der Waals surface area (Å²) in [6, 6.07) is 7.77. The molecule has 0 aliphatic rings. The monoisotopic (exact) mass is 287 g/mol. The number of fused-ring (bicyclic) bond motifs is 1. The van der Waals surface area contributed by atoms with Crippen molar-refractivity contribution in [3.63, 3.8) is 0 Å². The van der Waals surface area contributed by atoms with E-state index in [1.807, 2.05) is 49.9 Å². The maximum absolute atomic E-state index is 12.0. The molecule has 0 fully saturated rings. The van der Waals surface area contributed by atoms with E-state index < -0.39 is 0 Å². The summed E-state index contributed by atoms with van der Waals surface area (Å²) in [5.41, 5.74) is 6.56. The molecule has 6 heteroatoms. The predicted molar refractivity (Wildman–Crippen MR) is 85.1 cm³/mol. The molecule has 2 rings (SSSR count). The first-order valence-electron chi connectivity index (χ1n) is 7.07. The number of nitrogens with two attached hydrogens (primary N) is 1. The number of nitrogens with zero attached hydrogens (tertiary/aromatic N) is 3. The topological polar surface area (TPSA) is 84.1 Å². The van der Waals surface area contributed by atoms with Crippen molar-refractivity contribution in [2.75, 3.05) is 23.7 Å². The third-order valence-electron chi connectivity index (χ3n) is 3.07. The largest absolute Gasteiger partial charge is 0.368 e. The van der Waals surface area contributed by atoms with Gasteiger partial charge in [0.25, 0.3) is 0 Å². The Morgan fingerprint density at radius 2 is 2.05 bits per heavy atom. The lowest BCUT2D eigenvalue weighted by atomic mass is 10.2. The number of rotatable bonds is 5. The Balaban J connectivity index is 2.35. The van der Waals surface area contributed by atoms with Crippen molar-refractivity contribution in [3.8, 4) is 0 Å². The van der Waals surface area contributed by atoms with Crippen LogP contribution in [0.1, 0.15) is 20.8 Å². The number of hydrogen-bond acceptors (Lipinski definition) is 5. The summed E-state index contributed by atoms with van der Waals surface area (Å²) in [5.74, 6) is 0.874. The van der Waals surface area contributed by atoms with Gasteiger partial charge in [-0.3, -0.25) is 4.79 Å². The second-order valence-electron chi connectivity index (χ2n) is 5.16. The average molecular weight is 287 g/mol. The first kappa shape index (κ1) is 15.0. The molecule has 0 aliphatic carbocycles. The molecule has 0 atom stereocenters. The molecule has 0 radical (unpaired) electrons. The van der Waals surface area contributed by atoms with Gasteiger partial charge < -0.3 is 16.0 Å². The second-order valence-corrected chi connectivity index (χ2v) is 5.16. The van der Waals surface area contributed by atoms with Crippen LogP contribution in [0, 0.1) is 0 Å². The third-order valence-corrected chi connectivity index (χ3v) is 3.07. The van der Waals surface area contributed by atoms with Crippen LogP contribution in [0.15, 0.2) is 24.3 Å². The van der Waals surface area contributed by atoms with E-state index in [1.165, 1.54) is 0 Å². The molecule has 3 N–H and O–H groups in total. The Bertz CT molecular complexity index is 641. The predicted octanol–water partition coefficient (Wildman–Crippen LogP) is 1.56. The molecule has 0 unspecified atom stereocenters. The molecular formula is C15H21N5O. The van der Waals surface area contributed by atoms with E-state index in [4.69, 9.17) is 5.73 Å². The summed E-state index contributed by atoms with van der Waals surface area (Å²) in [7, 11) is 0. The molecule has 1 heterocycles. The number of benzene rings is 1. The number of likely N-dealkylation sites (N-methyl/N-ethyl adjacent to an activating group) is 1. The first-order chi connectivity index (χ1) is 10.0. The van der Waals surface area contributed by atoms with Crippen molar-refractivity contribution in [3.05, 3.63) is 24.3 Å². The summed E-state index contributed by atoms with van der Waals surface area (Å²) >= 11 is 0. The van der Waals surface area contributed by atoms with Crippen LogP contribution in [0.3, 0.4) is 0 Å². The van der Waals surface area contributed by atoms with Crippen LogP contribution in [0.2, 0.25) is 0 Å². The molecule has 2 aromatic rings. The Hall–Kier alpha value is -2.37. The van der Waals surface area contributed by atoms with E-state index in [1.54, 1.807) is 0 Å². The minimum absolute atomic E-state index is 0.0342. The van der Waals surface area contributed by atoms with Crippen molar-refractivity contribution in [2.45, 2.75) is 26.8 Å². The minimum Gasteiger partial charge on any atom is -0.368 e. The summed E-state index contributed by atoms with van der Waals surface area (Å²) in [6.45, 7) is 6.76. The van der Waals surface area contributed by atoms with E-state index in [-0.39, 0.29) is 24.4 Å². The highest BCUT2D eigenvalue weighted by atomic mass is 16.2. The van der Waals surface area contributed by atoms with Gasteiger partial charge in [-0.15, -0.1) is 0 Å². The summed E-state index contributed by atoms with van der Waals surface area (Å²) < 4.78 is 0. The zero-order valence-corrected chi connectivity index (χ0v) is 12.6. The summed E-state index contributed by atoms with van der Waals surface area (Å²) in [6.07, 6.45) is 0. The molecular weight excluding hydrogens is 266 g/mol. The number of hydrogen-bond donors (Lipinski definition) is 2. The lowest BCUT2D eigenvalue weighted by Gasteiger charge is -2.23. The van der Waals surface area contributed by atoms with E-state index >= 15 is 0 Å². The van der Waals surface area contributed by atoms with Crippen LogP contribution in [0.5, 0.6) is 0 Å². The van der Waals surface area contributed by atoms with Gasteiger partial charge in [0, 0.05) is 18.0 Å². The molecule has 21 heavy (non-hydrogen) atoms. The van der Waals surface area contributed by atoms with Gasteiger partial charge in [-0.2, -0.15) is 4.98 Å². The Morgan fingerprint density at radius 3 is 2.71 bits per heavy atom. The fourth-order valence-corrected chi connectivity index (χ4v) is 2.20. The maximum Gasteiger partial charge on any atom is 0.239 e. The third kappa shape index (κ3) is 3.59. The number of carbonyl (C=O) groups is 1. The fourth-order valence-electron chi connectivity index (χ4n) is 2.20. The number of anilines is 2. The van der Waals surface area contributed by atoms with E-state index in [9.17, 15) is 4.79 Å². The standard InChI is InChI=1S/C15H21N5O/c1-4-20(9-13(21)17-10(2)3)14-11-7-5-6-8-12(11)18-15(16)19-14/h5-8,10H,4,9H2,1-3H3,(H,17,21)(H2,16,18,19). The van der Waals surface area contributed by atoms with Crippen molar-refractivity contribution >= 4 is 28.6 Å². The first-order valence-corrected chi connectivity index (χ1v) is 7.07. The van der Waals surface area contributed by atoms with Gasteiger partial charge in [0.1, 0.15) is 5.82 Å². The van der Waals surface area contributed by atoms with Gasteiger partial charge in [-0.25, -0.2) is 4.98 Å². The van der Waals surface area contributed by atoms with E-state index in [0.717, 1.165) is 10.9 Å². The molecule has 0 saturated heterocycles. The molecule has 0 aliphatic heterocycles. The highest BCUT2D eigenvalue weighted by Crippen LogP contribution is 2.24. The Labute approximate surface area is 124 Å². The van der Waals surface area contributed by atoms with Crippen LogP contribution in [-0.2, 0) is 4.79 Å². The van der Waals surface area contributed by atoms with Gasteiger partial charge in [-0.05, 0) is 32.9 Å². The number of carbonyl (C=O) groups excluding carboxylic acids is 1. The molecule has 0 saturated carbocycles. The molecule has 0 bridgehead atoms. The van der Waals surface area contributed by atoms with E-state index in [0.29, 0.717) is 12.4 Å². The van der Waals surface area contributed by atoms with Gasteiger partial charge in [0.2, 0.25) is 11.9 Å². The van der Waals surface area contributed by atoms with Gasteiger partial charge in [0.05, 0.1) is 12.1 Å². The van der Waals surface area contributed by atoms with Crippen molar-refractivity contribution < 1.29 is 4.79 Å². The van der Waals surface area contributed by atoms with Crippen molar-refractivity contribution in [2.24, 2.45) is 0 Å². The highest BCUT2D eigenvalue weighted by Gasteiger charge is 2.15. The quantitative estimate of drug-likeness (QED) is 0.872. The zero-order valence-electron chi connectivity index (χ0n) is 12.6. The summed E-state index contributed by atoms with van der Waals surface area (Å²) in [4.78, 5) is 22.4. The Kier molecular flexibility index (Phi) is 4.57. The van der Waals surface area contributed by atoms with Crippen LogP contribution in [0.25, 0.3) is 10.9 Å². The van der Waals surface area contributed by atoms with Crippen molar-refractivity contribution in [1.29, 1.82) is 0 Å². The zero-order chi connectivity index (χ0) is 15.4. The normalized spacial score (nSPS) is 10.9. The smallest absolute Gasteiger partial charge is 0.239 e. The molecule has 6 nitrogen and oxygen atoms in total.